The van der Waals surface area contributed by atoms with Crippen LogP contribution >= 0.6 is 0 Å². The number of ether oxygens (including phenoxy) is 1. The number of carbonyl (C=O) groups excluding carboxylic acids is 1. The van der Waals surface area contributed by atoms with E-state index in [1.807, 2.05) is 0 Å². The van der Waals surface area contributed by atoms with Crippen LogP contribution in [-0.2, 0) is 17.7 Å². The van der Waals surface area contributed by atoms with Crippen molar-refractivity contribution >= 4 is 12.0 Å². The monoisotopic (exact) mass is 362 g/mol. The number of hydrogen-bond acceptors (Lipinski definition) is 6. The summed E-state index contributed by atoms with van der Waals surface area (Å²) in [5, 5.41) is 10.9. The fourth-order valence-electron chi connectivity index (χ4n) is 2.24. The number of hydrogen-bond donors (Lipinski definition) is 2. The van der Waals surface area contributed by atoms with Crippen molar-refractivity contribution in [3.8, 4) is 0 Å². The summed E-state index contributed by atoms with van der Waals surface area (Å²) in [6, 6.07) is -2.16. The van der Waals surface area contributed by atoms with E-state index in [4.69, 9.17) is 9.84 Å². The second kappa shape index (κ2) is 7.03. The van der Waals surface area contributed by atoms with E-state index < -0.39 is 30.5 Å². The van der Waals surface area contributed by atoms with Gasteiger partial charge < -0.3 is 20.1 Å². The van der Waals surface area contributed by atoms with E-state index >= 15 is 0 Å². The lowest BCUT2D eigenvalue weighted by atomic mass is 10.1. The van der Waals surface area contributed by atoms with Gasteiger partial charge in [-0.2, -0.15) is 13.2 Å². The second-order valence-corrected chi connectivity index (χ2v) is 6.74. The molecule has 10 heteroatoms. The molecule has 0 bridgehead atoms. The molecule has 2 N–H and O–H groups in total. The molecule has 0 aliphatic carbocycles. The number of amides is 1. The fraction of sp³-hybridized carbons (Fsp3) is 0.667. The summed E-state index contributed by atoms with van der Waals surface area (Å²) >= 11 is 0. The average molecular weight is 362 g/mol. The van der Waals surface area contributed by atoms with Crippen molar-refractivity contribution in [1.82, 2.24) is 14.9 Å². The van der Waals surface area contributed by atoms with Crippen LogP contribution < -0.4 is 5.32 Å². The van der Waals surface area contributed by atoms with Crippen LogP contribution in [0, 0.1) is 0 Å². The molecule has 1 aliphatic heterocycles. The second-order valence-electron chi connectivity index (χ2n) is 6.74. The van der Waals surface area contributed by atoms with Crippen molar-refractivity contribution in [2.75, 3.05) is 18.5 Å². The summed E-state index contributed by atoms with van der Waals surface area (Å²) in [6.45, 7) is 4.66. The molecule has 1 aromatic rings. The number of fused-ring (bicyclic) bond motifs is 1. The molecule has 25 heavy (non-hydrogen) atoms. The van der Waals surface area contributed by atoms with E-state index in [1.54, 1.807) is 20.8 Å². The molecular weight excluding hydrogens is 341 g/mol. The molecule has 0 radical (unpaired) electrons. The summed E-state index contributed by atoms with van der Waals surface area (Å²) in [7, 11) is 0. The first-order chi connectivity index (χ1) is 11.5. The van der Waals surface area contributed by atoms with Gasteiger partial charge in [0.2, 0.25) is 5.95 Å². The van der Waals surface area contributed by atoms with Gasteiger partial charge in [0.15, 0.2) is 0 Å². The van der Waals surface area contributed by atoms with Crippen LogP contribution in [0.2, 0.25) is 0 Å². The van der Waals surface area contributed by atoms with Gasteiger partial charge in [0, 0.05) is 12.7 Å². The third kappa shape index (κ3) is 5.18. The minimum Gasteiger partial charge on any atom is -0.444 e. The molecule has 1 atom stereocenters. The molecule has 0 saturated carbocycles. The van der Waals surface area contributed by atoms with Crippen LogP contribution in [0.25, 0.3) is 0 Å². The number of aliphatic hydroxyl groups is 1. The molecule has 1 unspecified atom stereocenters. The number of anilines is 1. The molecule has 2 rings (SSSR count). The highest BCUT2D eigenvalue weighted by molar-refractivity contribution is 5.68. The topological polar surface area (TPSA) is 87.6 Å². The Morgan fingerprint density at radius 1 is 1.44 bits per heavy atom. The quantitative estimate of drug-likeness (QED) is 0.856. The number of carbonyl (C=O) groups is 1. The van der Waals surface area contributed by atoms with Gasteiger partial charge in [0.05, 0.1) is 18.8 Å². The van der Waals surface area contributed by atoms with Gasteiger partial charge in [0.25, 0.3) is 0 Å². The minimum absolute atomic E-state index is 0.122. The van der Waals surface area contributed by atoms with E-state index in [1.165, 1.54) is 11.1 Å². The molecule has 1 amide bonds. The Morgan fingerprint density at radius 2 is 2.12 bits per heavy atom. The SMILES string of the molecule is CC(C)(C)OC(=O)N1CCc2cnc(NC(CO)C(F)(F)F)nc2C1. The zero-order valence-corrected chi connectivity index (χ0v) is 14.2. The third-order valence-electron chi connectivity index (χ3n) is 3.48. The van der Waals surface area contributed by atoms with Gasteiger partial charge in [-0.1, -0.05) is 0 Å². The number of nitrogens with one attached hydrogen (secondary N) is 1. The largest absolute Gasteiger partial charge is 0.444 e. The van der Waals surface area contributed by atoms with E-state index in [-0.39, 0.29) is 12.5 Å². The average Bonchev–Trinajstić information content (AvgIpc) is 2.49. The van der Waals surface area contributed by atoms with E-state index in [0.717, 1.165) is 5.56 Å². The summed E-state index contributed by atoms with van der Waals surface area (Å²) in [5.74, 6) is -0.249. The number of alkyl halides is 3. The summed E-state index contributed by atoms with van der Waals surface area (Å²) in [5.41, 5.74) is 0.572. The lowest BCUT2D eigenvalue weighted by Crippen LogP contribution is -2.41. The minimum atomic E-state index is -4.63. The molecular formula is C15H21F3N4O3. The third-order valence-corrected chi connectivity index (χ3v) is 3.48. The molecule has 0 aromatic carbocycles. The molecule has 2 heterocycles. The highest BCUT2D eigenvalue weighted by Crippen LogP contribution is 2.24. The fourth-order valence-corrected chi connectivity index (χ4v) is 2.24. The van der Waals surface area contributed by atoms with Gasteiger partial charge in [-0.05, 0) is 32.8 Å². The van der Waals surface area contributed by atoms with Crippen molar-refractivity contribution in [2.24, 2.45) is 0 Å². The summed E-state index contributed by atoms with van der Waals surface area (Å²) in [4.78, 5) is 21.5. The van der Waals surface area contributed by atoms with Gasteiger partial charge in [0.1, 0.15) is 11.6 Å². The van der Waals surface area contributed by atoms with Gasteiger partial charge >= 0.3 is 12.3 Å². The molecule has 1 aromatic heterocycles. The number of halogens is 3. The molecule has 1 aliphatic rings. The normalized spacial score (nSPS) is 16.2. The smallest absolute Gasteiger partial charge is 0.410 e. The van der Waals surface area contributed by atoms with Gasteiger partial charge in [-0.3, -0.25) is 0 Å². The van der Waals surface area contributed by atoms with Crippen LogP contribution in [0.5, 0.6) is 0 Å². The first-order valence-electron chi connectivity index (χ1n) is 7.76. The standard InChI is InChI=1S/C15H21F3N4O3/c1-14(2,3)25-13(24)22-5-4-9-6-19-12(20-10(9)7-22)21-11(8-23)15(16,17)18/h6,11,23H,4-5,7-8H2,1-3H3,(H,19,20,21). The van der Waals surface area contributed by atoms with Crippen molar-refractivity contribution in [3.05, 3.63) is 17.5 Å². The lowest BCUT2D eigenvalue weighted by molar-refractivity contribution is -0.149. The maximum Gasteiger partial charge on any atom is 0.410 e. The van der Waals surface area contributed by atoms with Gasteiger partial charge in [-0.25, -0.2) is 14.8 Å². The lowest BCUT2D eigenvalue weighted by Gasteiger charge is -2.30. The Balaban J connectivity index is 2.12. The number of aliphatic hydroxyl groups excluding tert-OH is 1. The van der Waals surface area contributed by atoms with E-state index in [2.05, 4.69) is 15.3 Å². The van der Waals surface area contributed by atoms with Crippen LogP contribution in [0.1, 0.15) is 32.0 Å². The number of rotatable bonds is 3. The first kappa shape index (κ1) is 19.2. The van der Waals surface area contributed by atoms with Crippen molar-refractivity contribution < 1.29 is 27.8 Å². The van der Waals surface area contributed by atoms with Crippen molar-refractivity contribution in [1.29, 1.82) is 0 Å². The number of nitrogens with zero attached hydrogens (tertiary/aromatic N) is 3. The molecule has 0 spiro atoms. The van der Waals surface area contributed by atoms with Crippen LogP contribution in [0.3, 0.4) is 0 Å². The Labute approximate surface area is 143 Å². The van der Waals surface area contributed by atoms with Crippen LogP contribution in [0.15, 0.2) is 6.20 Å². The van der Waals surface area contributed by atoms with Crippen molar-refractivity contribution in [3.63, 3.8) is 0 Å². The predicted octanol–water partition coefficient (Wildman–Crippen LogP) is 2.10. The highest BCUT2D eigenvalue weighted by Gasteiger charge is 2.40. The predicted molar refractivity (Wildman–Crippen MR) is 82.9 cm³/mol. The van der Waals surface area contributed by atoms with E-state index in [0.29, 0.717) is 18.7 Å². The Hall–Kier alpha value is -2.10. The molecule has 7 nitrogen and oxygen atoms in total. The number of aromatic nitrogens is 2. The maximum absolute atomic E-state index is 12.7. The molecule has 0 saturated heterocycles. The van der Waals surface area contributed by atoms with Crippen LogP contribution in [-0.4, -0.2) is 57.0 Å². The van der Waals surface area contributed by atoms with Crippen molar-refractivity contribution in [2.45, 2.75) is 51.6 Å². The zero-order valence-electron chi connectivity index (χ0n) is 14.2. The Kier molecular flexibility index (Phi) is 5.40. The zero-order chi connectivity index (χ0) is 18.8. The Morgan fingerprint density at radius 3 is 2.68 bits per heavy atom. The molecule has 0 fully saturated rings. The van der Waals surface area contributed by atoms with E-state index in [9.17, 15) is 18.0 Å². The molecule has 140 valence electrons. The summed E-state index contributed by atoms with van der Waals surface area (Å²) in [6.07, 6.45) is -3.22. The van der Waals surface area contributed by atoms with Crippen LogP contribution in [0.4, 0.5) is 23.9 Å². The first-order valence-corrected chi connectivity index (χ1v) is 7.76. The maximum atomic E-state index is 12.7. The van der Waals surface area contributed by atoms with Gasteiger partial charge in [-0.15, -0.1) is 0 Å². The summed E-state index contributed by atoms with van der Waals surface area (Å²) < 4.78 is 43.5. The Bertz CT molecular complexity index is 631. The highest BCUT2D eigenvalue weighted by atomic mass is 19.4.